The molecule has 1 aromatic heterocycles. The predicted octanol–water partition coefficient (Wildman–Crippen LogP) is 2.67. The number of anilines is 2. The van der Waals surface area contributed by atoms with Gasteiger partial charge in [0.2, 0.25) is 0 Å². The monoisotopic (exact) mass is 237 g/mol. The Bertz CT molecular complexity index is 367. The van der Waals surface area contributed by atoms with Crippen LogP contribution in [0.25, 0.3) is 0 Å². The van der Waals surface area contributed by atoms with Crippen LogP contribution in [-0.4, -0.2) is 22.5 Å². The largest absolute Gasteiger partial charge is 0.397 e. The highest BCUT2D eigenvalue weighted by molar-refractivity contribution is 7.99. The van der Waals surface area contributed by atoms with E-state index in [1.165, 1.54) is 19.3 Å². The lowest BCUT2D eigenvalue weighted by Crippen LogP contribution is -2.26. The van der Waals surface area contributed by atoms with Crippen LogP contribution in [0.1, 0.15) is 24.8 Å². The van der Waals surface area contributed by atoms with Crippen LogP contribution in [0, 0.1) is 6.92 Å². The molecule has 16 heavy (non-hydrogen) atoms. The lowest BCUT2D eigenvalue weighted by atomic mass is 10.2. The number of aromatic nitrogens is 1. The number of nitrogens with one attached hydrogen (secondary N) is 1. The summed E-state index contributed by atoms with van der Waals surface area (Å²) in [5.74, 6) is 0.986. The van der Waals surface area contributed by atoms with Gasteiger partial charge in [-0.05, 0) is 37.7 Å². The number of nitrogens with two attached hydrogens (primary N) is 1. The van der Waals surface area contributed by atoms with E-state index >= 15 is 0 Å². The maximum absolute atomic E-state index is 5.69. The van der Waals surface area contributed by atoms with Gasteiger partial charge >= 0.3 is 0 Å². The van der Waals surface area contributed by atoms with Crippen molar-refractivity contribution in [3.05, 3.63) is 17.8 Å². The summed E-state index contributed by atoms with van der Waals surface area (Å²) in [7, 11) is 0. The molecule has 1 heterocycles. The zero-order chi connectivity index (χ0) is 11.5. The molecule has 0 radical (unpaired) electrons. The predicted molar refractivity (Wildman–Crippen MR) is 72.0 cm³/mol. The number of hydrogen-bond donors (Lipinski definition) is 2. The molecule has 0 bridgehead atoms. The van der Waals surface area contributed by atoms with E-state index in [2.05, 4.69) is 23.5 Å². The van der Waals surface area contributed by atoms with Gasteiger partial charge in [-0.3, -0.25) is 0 Å². The van der Waals surface area contributed by atoms with Gasteiger partial charge in [-0.1, -0.05) is 6.42 Å². The molecule has 0 saturated heterocycles. The SMILES string of the molecule is CSC1CCCC1Nc1ncc(N)cc1C. The molecule has 2 atom stereocenters. The Morgan fingerprint density at radius 2 is 2.31 bits per heavy atom. The molecule has 0 spiro atoms. The zero-order valence-electron chi connectivity index (χ0n) is 9.86. The fourth-order valence-electron chi connectivity index (χ4n) is 2.30. The number of aryl methyl sites for hydroxylation is 1. The molecule has 1 aliphatic rings. The van der Waals surface area contributed by atoms with Crippen molar-refractivity contribution in [2.24, 2.45) is 0 Å². The van der Waals surface area contributed by atoms with Gasteiger partial charge in [0.05, 0.1) is 11.9 Å². The second-order valence-corrected chi connectivity index (χ2v) is 5.47. The Morgan fingerprint density at radius 1 is 1.50 bits per heavy atom. The molecule has 3 nitrogen and oxygen atoms in total. The molecule has 0 aromatic carbocycles. The van der Waals surface area contributed by atoms with Crippen LogP contribution in [-0.2, 0) is 0 Å². The molecule has 3 N–H and O–H groups in total. The molecule has 88 valence electrons. The minimum atomic E-state index is 0.560. The minimum Gasteiger partial charge on any atom is -0.397 e. The molecule has 1 aromatic rings. The highest BCUT2D eigenvalue weighted by Gasteiger charge is 2.26. The summed E-state index contributed by atoms with van der Waals surface area (Å²) in [6.45, 7) is 2.05. The molecule has 4 heteroatoms. The maximum atomic E-state index is 5.69. The second-order valence-electron chi connectivity index (χ2n) is 4.39. The number of pyridine rings is 1. The van der Waals surface area contributed by atoms with Crippen LogP contribution in [0.4, 0.5) is 11.5 Å². The maximum Gasteiger partial charge on any atom is 0.129 e. The van der Waals surface area contributed by atoms with Gasteiger partial charge in [0, 0.05) is 11.3 Å². The van der Waals surface area contributed by atoms with E-state index in [0.717, 1.165) is 22.3 Å². The van der Waals surface area contributed by atoms with Crippen LogP contribution in [0.15, 0.2) is 12.3 Å². The molecule has 2 rings (SSSR count). The number of nitrogen functional groups attached to an aromatic ring is 1. The number of nitrogens with zero attached hydrogens (tertiary/aromatic N) is 1. The first-order valence-corrected chi connectivity index (χ1v) is 7.01. The van der Waals surface area contributed by atoms with Gasteiger partial charge < -0.3 is 11.1 Å². The van der Waals surface area contributed by atoms with Crippen molar-refractivity contribution in [1.82, 2.24) is 4.98 Å². The second kappa shape index (κ2) is 4.95. The smallest absolute Gasteiger partial charge is 0.129 e. The van der Waals surface area contributed by atoms with Crippen molar-refractivity contribution >= 4 is 23.3 Å². The lowest BCUT2D eigenvalue weighted by molar-refractivity contribution is 0.762. The van der Waals surface area contributed by atoms with Crippen molar-refractivity contribution in [3.8, 4) is 0 Å². The molecule has 0 aliphatic heterocycles. The number of hydrogen-bond acceptors (Lipinski definition) is 4. The van der Waals surface area contributed by atoms with Gasteiger partial charge in [0.25, 0.3) is 0 Å². The first-order valence-electron chi connectivity index (χ1n) is 5.72. The molecule has 1 fully saturated rings. The first kappa shape index (κ1) is 11.6. The summed E-state index contributed by atoms with van der Waals surface area (Å²) in [5.41, 5.74) is 7.56. The Kier molecular flexibility index (Phi) is 3.59. The highest BCUT2D eigenvalue weighted by Crippen LogP contribution is 2.31. The van der Waals surface area contributed by atoms with E-state index in [4.69, 9.17) is 5.73 Å². The highest BCUT2D eigenvalue weighted by atomic mass is 32.2. The molecular weight excluding hydrogens is 218 g/mol. The average Bonchev–Trinajstić information content (AvgIpc) is 2.69. The van der Waals surface area contributed by atoms with E-state index in [9.17, 15) is 0 Å². The fraction of sp³-hybridized carbons (Fsp3) is 0.583. The van der Waals surface area contributed by atoms with Gasteiger partial charge in [0.15, 0.2) is 0 Å². The van der Waals surface area contributed by atoms with Gasteiger partial charge in [0.1, 0.15) is 5.82 Å². The van der Waals surface area contributed by atoms with Crippen LogP contribution in [0.5, 0.6) is 0 Å². The third-order valence-electron chi connectivity index (χ3n) is 3.18. The van der Waals surface area contributed by atoms with E-state index in [-0.39, 0.29) is 0 Å². The van der Waals surface area contributed by atoms with Crippen molar-refractivity contribution < 1.29 is 0 Å². The Morgan fingerprint density at radius 3 is 3.00 bits per heavy atom. The molecule has 1 saturated carbocycles. The summed E-state index contributed by atoms with van der Waals surface area (Å²) >= 11 is 1.95. The standard InChI is InChI=1S/C12H19N3S/c1-8-6-9(13)7-14-12(8)15-10-4-3-5-11(10)16-2/h6-7,10-11H,3-5,13H2,1-2H3,(H,14,15). The van der Waals surface area contributed by atoms with Crippen molar-refractivity contribution in [2.45, 2.75) is 37.5 Å². The molecule has 2 unspecified atom stereocenters. The average molecular weight is 237 g/mol. The summed E-state index contributed by atoms with van der Waals surface area (Å²) < 4.78 is 0. The van der Waals surface area contributed by atoms with Gasteiger partial charge in [-0.2, -0.15) is 11.8 Å². The molecule has 1 aliphatic carbocycles. The molecule has 0 amide bonds. The Labute approximate surface area is 101 Å². The van der Waals surface area contributed by atoms with Gasteiger partial charge in [-0.25, -0.2) is 4.98 Å². The third-order valence-corrected chi connectivity index (χ3v) is 4.35. The Balaban J connectivity index is 2.08. The van der Waals surface area contributed by atoms with Gasteiger partial charge in [-0.15, -0.1) is 0 Å². The van der Waals surface area contributed by atoms with Crippen LogP contribution in [0.2, 0.25) is 0 Å². The Hall–Kier alpha value is -0.900. The summed E-state index contributed by atoms with van der Waals surface area (Å²) in [6, 6.07) is 2.53. The van der Waals surface area contributed by atoms with Crippen LogP contribution < -0.4 is 11.1 Å². The number of thioether (sulfide) groups is 1. The van der Waals surface area contributed by atoms with Crippen LogP contribution >= 0.6 is 11.8 Å². The van der Waals surface area contributed by atoms with Crippen LogP contribution in [0.3, 0.4) is 0 Å². The van der Waals surface area contributed by atoms with E-state index in [1.807, 2.05) is 17.8 Å². The first-order chi connectivity index (χ1) is 7.70. The normalized spacial score (nSPS) is 24.6. The molecular formula is C12H19N3S. The third kappa shape index (κ3) is 2.43. The van der Waals surface area contributed by atoms with Crippen molar-refractivity contribution in [3.63, 3.8) is 0 Å². The fourth-order valence-corrected chi connectivity index (χ4v) is 3.23. The quantitative estimate of drug-likeness (QED) is 0.848. The number of rotatable bonds is 3. The van der Waals surface area contributed by atoms with E-state index < -0.39 is 0 Å². The summed E-state index contributed by atoms with van der Waals surface area (Å²) in [5, 5.41) is 4.27. The lowest BCUT2D eigenvalue weighted by Gasteiger charge is -2.20. The summed E-state index contributed by atoms with van der Waals surface area (Å²) in [6.07, 6.45) is 7.79. The van der Waals surface area contributed by atoms with Crippen molar-refractivity contribution in [1.29, 1.82) is 0 Å². The summed E-state index contributed by atoms with van der Waals surface area (Å²) in [4.78, 5) is 4.36. The topological polar surface area (TPSA) is 50.9 Å². The minimum absolute atomic E-state index is 0.560. The van der Waals surface area contributed by atoms with Crippen molar-refractivity contribution in [2.75, 3.05) is 17.3 Å². The van der Waals surface area contributed by atoms with E-state index in [0.29, 0.717) is 6.04 Å². The van der Waals surface area contributed by atoms with E-state index in [1.54, 1.807) is 6.20 Å². The zero-order valence-corrected chi connectivity index (χ0v) is 10.7.